The molecule has 0 spiro atoms. The number of amides is 1. The van der Waals surface area contributed by atoms with Gasteiger partial charge in [-0.2, -0.15) is 5.26 Å². The zero-order valence-electron chi connectivity index (χ0n) is 16.6. The van der Waals surface area contributed by atoms with Crippen LogP contribution in [0.3, 0.4) is 0 Å². The Labute approximate surface area is 157 Å². The van der Waals surface area contributed by atoms with Crippen molar-refractivity contribution < 1.29 is 9.53 Å². The third-order valence-electron chi connectivity index (χ3n) is 5.11. The molecule has 0 saturated heterocycles. The molecule has 0 heterocycles. The molecule has 26 heavy (non-hydrogen) atoms. The molecule has 5 heteroatoms. The van der Waals surface area contributed by atoms with Crippen LogP contribution in [0, 0.1) is 11.3 Å². The Balaban J connectivity index is 2.14. The lowest BCUT2D eigenvalue weighted by molar-refractivity contribution is -0.123. The molecule has 1 aromatic rings. The number of carbonyl (C=O) groups excluding carboxylic acids is 1. The summed E-state index contributed by atoms with van der Waals surface area (Å²) in [6.07, 6.45) is 4.55. The first-order chi connectivity index (χ1) is 12.2. The van der Waals surface area contributed by atoms with Crippen molar-refractivity contribution in [1.82, 2.24) is 5.32 Å². The van der Waals surface area contributed by atoms with Crippen molar-refractivity contribution in [2.24, 2.45) is 0 Å². The van der Waals surface area contributed by atoms with Crippen molar-refractivity contribution in [3.8, 4) is 11.8 Å². The minimum Gasteiger partial charge on any atom is -0.495 e. The summed E-state index contributed by atoms with van der Waals surface area (Å²) in [6, 6.07) is 7.86. The fourth-order valence-electron chi connectivity index (χ4n) is 3.35. The summed E-state index contributed by atoms with van der Waals surface area (Å²) >= 11 is 0. The molecule has 5 nitrogen and oxygen atoms in total. The van der Waals surface area contributed by atoms with Gasteiger partial charge in [-0.25, -0.2) is 0 Å². The summed E-state index contributed by atoms with van der Waals surface area (Å²) in [5, 5.41) is 15.8. The highest BCUT2D eigenvalue weighted by atomic mass is 16.5. The Hall–Kier alpha value is -2.22. The molecule has 1 aliphatic rings. The molecule has 2 N–H and O–H groups in total. The molecule has 1 aromatic carbocycles. The van der Waals surface area contributed by atoms with Gasteiger partial charge in [0.25, 0.3) is 0 Å². The molecule has 0 radical (unpaired) electrons. The van der Waals surface area contributed by atoms with Gasteiger partial charge in [0.1, 0.15) is 17.3 Å². The van der Waals surface area contributed by atoms with Gasteiger partial charge in [0.05, 0.1) is 18.9 Å². The number of rotatable bonds is 5. The Morgan fingerprint density at radius 1 is 1.27 bits per heavy atom. The van der Waals surface area contributed by atoms with Gasteiger partial charge < -0.3 is 15.4 Å². The maximum atomic E-state index is 12.7. The van der Waals surface area contributed by atoms with Gasteiger partial charge in [-0.05, 0) is 42.9 Å². The molecule has 1 amide bonds. The van der Waals surface area contributed by atoms with Gasteiger partial charge >= 0.3 is 0 Å². The predicted molar refractivity (Wildman–Crippen MR) is 104 cm³/mol. The quantitative estimate of drug-likeness (QED) is 0.831. The lowest BCUT2D eigenvalue weighted by Gasteiger charge is -2.33. The van der Waals surface area contributed by atoms with Gasteiger partial charge in [-0.3, -0.25) is 4.79 Å². The SMILES string of the molecule is COc1ccc(C(C)(C)C)cc1N[C@H](C)C(=O)NC1(C#N)CCCCC1. The number of nitriles is 1. The number of ether oxygens (including phenoxy) is 1. The van der Waals surface area contributed by atoms with E-state index in [1.807, 2.05) is 25.1 Å². The normalized spacial score (nSPS) is 17.7. The lowest BCUT2D eigenvalue weighted by Crippen LogP contribution is -2.52. The summed E-state index contributed by atoms with van der Waals surface area (Å²) in [7, 11) is 1.62. The fraction of sp³-hybridized carbons (Fsp3) is 0.619. The highest BCUT2D eigenvalue weighted by Crippen LogP contribution is 2.32. The number of carbonyl (C=O) groups is 1. The summed E-state index contributed by atoms with van der Waals surface area (Å²) in [4.78, 5) is 12.7. The van der Waals surface area contributed by atoms with E-state index in [0.717, 1.165) is 43.4 Å². The van der Waals surface area contributed by atoms with Crippen molar-refractivity contribution in [3.05, 3.63) is 23.8 Å². The standard InChI is InChI=1S/C21H31N3O2/c1-15(19(25)24-21(14-22)11-7-6-8-12-21)23-17-13-16(20(2,3)4)9-10-18(17)26-5/h9-10,13,15,23H,6-8,11-12H2,1-5H3,(H,24,25)/t15-/m1/s1. The zero-order chi connectivity index (χ0) is 19.4. The number of benzene rings is 1. The van der Waals surface area contributed by atoms with E-state index in [4.69, 9.17) is 4.74 Å². The predicted octanol–water partition coefficient (Wildman–Crippen LogP) is 4.14. The van der Waals surface area contributed by atoms with Crippen LogP contribution in [0.4, 0.5) is 5.69 Å². The minimum atomic E-state index is -0.720. The van der Waals surface area contributed by atoms with Crippen LogP contribution in [0.1, 0.15) is 65.4 Å². The summed E-state index contributed by atoms with van der Waals surface area (Å²) < 4.78 is 5.44. The number of anilines is 1. The zero-order valence-corrected chi connectivity index (χ0v) is 16.6. The first-order valence-corrected chi connectivity index (χ1v) is 9.39. The van der Waals surface area contributed by atoms with Crippen molar-refractivity contribution >= 4 is 11.6 Å². The van der Waals surface area contributed by atoms with Gasteiger partial charge in [-0.15, -0.1) is 0 Å². The largest absolute Gasteiger partial charge is 0.495 e. The first kappa shape index (κ1) is 20.1. The maximum absolute atomic E-state index is 12.7. The molecule has 2 rings (SSSR count). The highest BCUT2D eigenvalue weighted by Gasteiger charge is 2.34. The van der Waals surface area contributed by atoms with Crippen LogP contribution in [0.25, 0.3) is 0 Å². The van der Waals surface area contributed by atoms with Crippen LogP contribution in [-0.4, -0.2) is 24.6 Å². The van der Waals surface area contributed by atoms with E-state index < -0.39 is 11.6 Å². The summed E-state index contributed by atoms with van der Waals surface area (Å²) in [6.45, 7) is 8.25. The van der Waals surface area contributed by atoms with Crippen LogP contribution in [0.15, 0.2) is 18.2 Å². The molecule has 0 bridgehead atoms. The van der Waals surface area contributed by atoms with Crippen molar-refractivity contribution in [2.45, 2.75) is 76.8 Å². The third-order valence-corrected chi connectivity index (χ3v) is 5.11. The number of nitrogens with zero attached hydrogens (tertiary/aromatic N) is 1. The maximum Gasteiger partial charge on any atom is 0.243 e. The molecule has 0 aliphatic heterocycles. The highest BCUT2D eigenvalue weighted by molar-refractivity contribution is 5.85. The van der Waals surface area contributed by atoms with Crippen LogP contribution < -0.4 is 15.4 Å². The van der Waals surface area contributed by atoms with Crippen LogP contribution >= 0.6 is 0 Å². The Morgan fingerprint density at radius 3 is 2.46 bits per heavy atom. The van der Waals surface area contributed by atoms with Crippen molar-refractivity contribution in [2.75, 3.05) is 12.4 Å². The molecule has 142 valence electrons. The molecule has 1 aliphatic carbocycles. The van der Waals surface area contributed by atoms with Crippen LogP contribution in [-0.2, 0) is 10.2 Å². The lowest BCUT2D eigenvalue weighted by atomic mass is 9.82. The number of hydrogen-bond donors (Lipinski definition) is 2. The smallest absolute Gasteiger partial charge is 0.243 e. The summed E-state index contributed by atoms with van der Waals surface area (Å²) in [5.41, 5.74) is 1.23. The molecule has 0 aromatic heterocycles. The molecule has 0 unspecified atom stereocenters. The second-order valence-corrected chi connectivity index (χ2v) is 8.27. The average molecular weight is 357 g/mol. The van der Waals surface area contributed by atoms with Crippen LogP contribution in [0.2, 0.25) is 0 Å². The van der Waals surface area contributed by atoms with E-state index in [1.54, 1.807) is 7.11 Å². The average Bonchev–Trinajstić information content (AvgIpc) is 2.61. The Kier molecular flexibility index (Phi) is 6.17. The molecular weight excluding hydrogens is 326 g/mol. The van der Waals surface area contributed by atoms with Gasteiger partial charge in [0.2, 0.25) is 5.91 Å². The molecular formula is C21H31N3O2. The van der Waals surface area contributed by atoms with E-state index in [1.165, 1.54) is 0 Å². The molecule has 1 atom stereocenters. The Bertz CT molecular complexity index is 679. The number of methoxy groups -OCH3 is 1. The van der Waals surface area contributed by atoms with Gasteiger partial charge in [0.15, 0.2) is 0 Å². The van der Waals surface area contributed by atoms with Gasteiger partial charge in [-0.1, -0.05) is 46.1 Å². The first-order valence-electron chi connectivity index (χ1n) is 9.39. The van der Waals surface area contributed by atoms with Gasteiger partial charge in [0, 0.05) is 0 Å². The van der Waals surface area contributed by atoms with Crippen molar-refractivity contribution in [3.63, 3.8) is 0 Å². The van der Waals surface area contributed by atoms with E-state index in [2.05, 4.69) is 37.5 Å². The number of hydrogen-bond acceptors (Lipinski definition) is 4. The molecule has 1 saturated carbocycles. The topological polar surface area (TPSA) is 74.2 Å². The fourth-order valence-corrected chi connectivity index (χ4v) is 3.35. The number of nitrogens with one attached hydrogen (secondary N) is 2. The van der Waals surface area contributed by atoms with E-state index in [0.29, 0.717) is 5.75 Å². The van der Waals surface area contributed by atoms with Crippen LogP contribution in [0.5, 0.6) is 5.75 Å². The second kappa shape index (κ2) is 7.99. The Morgan fingerprint density at radius 2 is 1.92 bits per heavy atom. The summed E-state index contributed by atoms with van der Waals surface area (Å²) in [5.74, 6) is 0.543. The monoisotopic (exact) mass is 357 g/mol. The third kappa shape index (κ3) is 4.69. The minimum absolute atomic E-state index is 0.00115. The van der Waals surface area contributed by atoms with E-state index >= 15 is 0 Å². The molecule has 1 fully saturated rings. The van der Waals surface area contributed by atoms with Crippen molar-refractivity contribution in [1.29, 1.82) is 5.26 Å². The van der Waals surface area contributed by atoms with E-state index in [-0.39, 0.29) is 11.3 Å². The van der Waals surface area contributed by atoms with E-state index in [9.17, 15) is 10.1 Å². The second-order valence-electron chi connectivity index (χ2n) is 8.27.